The van der Waals surface area contributed by atoms with Gasteiger partial charge in [0.2, 0.25) is 0 Å². The van der Waals surface area contributed by atoms with Crippen LogP contribution in [-0.2, 0) is 11.3 Å². The van der Waals surface area contributed by atoms with Crippen molar-refractivity contribution in [3.63, 3.8) is 0 Å². The first-order valence-electron chi connectivity index (χ1n) is 6.66. The molecule has 21 heavy (non-hydrogen) atoms. The van der Waals surface area contributed by atoms with E-state index in [-0.39, 0.29) is 5.91 Å². The Morgan fingerprint density at radius 2 is 2.14 bits per heavy atom. The first-order chi connectivity index (χ1) is 10.3. The second-order valence-electron chi connectivity index (χ2n) is 4.36. The van der Waals surface area contributed by atoms with Gasteiger partial charge in [0, 0.05) is 19.9 Å². The van der Waals surface area contributed by atoms with Gasteiger partial charge in [0.15, 0.2) is 0 Å². The Kier molecular flexibility index (Phi) is 5.66. The van der Waals surface area contributed by atoms with Gasteiger partial charge in [-0.1, -0.05) is 6.07 Å². The summed E-state index contributed by atoms with van der Waals surface area (Å²) in [5.74, 6) is -0.218. The van der Waals surface area contributed by atoms with E-state index in [2.05, 4.69) is 20.6 Å². The third-order valence-electron chi connectivity index (χ3n) is 2.79. The first kappa shape index (κ1) is 14.9. The lowest BCUT2D eigenvalue weighted by atomic mass is 10.3. The second-order valence-corrected chi connectivity index (χ2v) is 4.36. The highest BCUT2D eigenvalue weighted by atomic mass is 16.5. The van der Waals surface area contributed by atoms with Crippen LogP contribution < -0.4 is 10.6 Å². The number of carbonyl (C=O) groups is 1. The van der Waals surface area contributed by atoms with Crippen molar-refractivity contribution in [2.45, 2.75) is 6.54 Å². The Labute approximate surface area is 123 Å². The summed E-state index contributed by atoms with van der Waals surface area (Å²) in [5.41, 5.74) is 2.04. The number of amides is 1. The summed E-state index contributed by atoms with van der Waals surface area (Å²) in [7, 11) is 1.65. The molecule has 2 aromatic rings. The lowest BCUT2D eigenvalue weighted by Gasteiger charge is -2.07. The smallest absolute Gasteiger partial charge is 0.270 e. The van der Waals surface area contributed by atoms with E-state index < -0.39 is 0 Å². The maximum Gasteiger partial charge on any atom is 0.270 e. The minimum Gasteiger partial charge on any atom is -0.383 e. The largest absolute Gasteiger partial charge is 0.383 e. The van der Waals surface area contributed by atoms with Crippen LogP contribution in [0.25, 0.3) is 0 Å². The zero-order valence-corrected chi connectivity index (χ0v) is 11.9. The van der Waals surface area contributed by atoms with Gasteiger partial charge in [0.25, 0.3) is 5.91 Å². The molecule has 6 nitrogen and oxygen atoms in total. The normalized spacial score (nSPS) is 10.1. The second kappa shape index (κ2) is 7.96. The van der Waals surface area contributed by atoms with Gasteiger partial charge in [-0.15, -0.1) is 0 Å². The van der Waals surface area contributed by atoms with Crippen molar-refractivity contribution in [1.29, 1.82) is 0 Å². The van der Waals surface area contributed by atoms with E-state index in [1.165, 1.54) is 0 Å². The van der Waals surface area contributed by atoms with Gasteiger partial charge < -0.3 is 15.4 Å². The molecule has 0 aromatic carbocycles. The van der Waals surface area contributed by atoms with Crippen LogP contribution in [0.2, 0.25) is 0 Å². The Morgan fingerprint density at radius 1 is 1.24 bits per heavy atom. The van der Waals surface area contributed by atoms with Crippen LogP contribution in [0, 0.1) is 0 Å². The first-order valence-corrected chi connectivity index (χ1v) is 6.66. The molecule has 0 radical (unpaired) electrons. The Bertz CT molecular complexity index is 558. The summed E-state index contributed by atoms with van der Waals surface area (Å²) < 4.78 is 4.95. The number of nitrogens with zero attached hydrogens (tertiary/aromatic N) is 2. The maximum absolute atomic E-state index is 11.9. The van der Waals surface area contributed by atoms with E-state index in [0.29, 0.717) is 25.4 Å². The molecule has 2 rings (SSSR count). The number of hydrogen-bond donors (Lipinski definition) is 2. The molecule has 0 aliphatic rings. The molecule has 0 bridgehead atoms. The minimum absolute atomic E-state index is 0.218. The van der Waals surface area contributed by atoms with E-state index in [0.717, 1.165) is 11.4 Å². The Morgan fingerprint density at radius 3 is 2.81 bits per heavy atom. The van der Waals surface area contributed by atoms with Crippen LogP contribution in [0.3, 0.4) is 0 Å². The number of aromatic nitrogens is 2. The molecule has 0 aliphatic carbocycles. The molecule has 0 fully saturated rings. The molecule has 6 heteroatoms. The van der Waals surface area contributed by atoms with Crippen LogP contribution in [0.1, 0.15) is 16.2 Å². The average Bonchev–Trinajstić information content (AvgIpc) is 2.54. The highest BCUT2D eigenvalue weighted by Gasteiger charge is 2.06. The quantitative estimate of drug-likeness (QED) is 0.754. The van der Waals surface area contributed by atoms with Gasteiger partial charge in [-0.05, 0) is 24.3 Å². The maximum atomic E-state index is 11.9. The number of methoxy groups -OCH3 is 1. The van der Waals surface area contributed by atoms with Crippen LogP contribution in [-0.4, -0.2) is 36.1 Å². The fraction of sp³-hybridized carbons (Fsp3) is 0.267. The number of nitrogens with one attached hydrogen (secondary N) is 2. The van der Waals surface area contributed by atoms with Crippen LogP contribution in [0.4, 0.5) is 5.69 Å². The standard InChI is InChI=1S/C15H18N4O2/c1-21-9-8-17-13-5-6-14(18-10-13)15(20)19-11-12-4-2-3-7-16-12/h2-7,10,17H,8-9,11H2,1H3,(H,19,20). The average molecular weight is 286 g/mol. The predicted octanol–water partition coefficient (Wildman–Crippen LogP) is 1.46. The predicted molar refractivity (Wildman–Crippen MR) is 80.0 cm³/mol. The topological polar surface area (TPSA) is 76.1 Å². The van der Waals surface area contributed by atoms with Crippen molar-refractivity contribution in [3.8, 4) is 0 Å². The summed E-state index contributed by atoms with van der Waals surface area (Å²) in [5, 5.41) is 5.92. The number of ether oxygens (including phenoxy) is 1. The lowest BCUT2D eigenvalue weighted by molar-refractivity contribution is 0.0945. The number of carbonyl (C=O) groups excluding carboxylic acids is 1. The van der Waals surface area contributed by atoms with Crippen LogP contribution in [0.15, 0.2) is 42.7 Å². The van der Waals surface area contributed by atoms with E-state index >= 15 is 0 Å². The molecule has 110 valence electrons. The summed E-state index contributed by atoms with van der Waals surface area (Å²) in [6.07, 6.45) is 3.32. The molecule has 0 unspecified atom stereocenters. The fourth-order valence-electron chi connectivity index (χ4n) is 1.69. The molecule has 0 aliphatic heterocycles. The molecule has 0 saturated carbocycles. The third kappa shape index (κ3) is 4.85. The van der Waals surface area contributed by atoms with Gasteiger partial charge in [0.1, 0.15) is 5.69 Å². The van der Waals surface area contributed by atoms with Gasteiger partial charge in [-0.25, -0.2) is 4.98 Å². The van der Waals surface area contributed by atoms with E-state index in [1.54, 1.807) is 25.6 Å². The summed E-state index contributed by atoms with van der Waals surface area (Å²) in [6, 6.07) is 9.08. The van der Waals surface area contributed by atoms with E-state index in [4.69, 9.17) is 4.74 Å². The fourth-order valence-corrected chi connectivity index (χ4v) is 1.69. The number of hydrogen-bond acceptors (Lipinski definition) is 5. The SMILES string of the molecule is COCCNc1ccc(C(=O)NCc2ccccn2)nc1. The third-order valence-corrected chi connectivity index (χ3v) is 2.79. The monoisotopic (exact) mass is 286 g/mol. The molecule has 2 N–H and O–H groups in total. The Hall–Kier alpha value is -2.47. The zero-order chi connectivity index (χ0) is 14.9. The van der Waals surface area contributed by atoms with Crippen molar-refractivity contribution in [3.05, 3.63) is 54.1 Å². The summed E-state index contributed by atoms with van der Waals surface area (Å²) >= 11 is 0. The van der Waals surface area contributed by atoms with Crippen LogP contribution in [0.5, 0.6) is 0 Å². The summed E-state index contributed by atoms with van der Waals surface area (Å²) in [6.45, 7) is 1.70. The number of rotatable bonds is 7. The Balaban J connectivity index is 1.85. The van der Waals surface area contributed by atoms with Gasteiger partial charge in [-0.2, -0.15) is 0 Å². The van der Waals surface area contributed by atoms with Crippen LogP contribution >= 0.6 is 0 Å². The number of anilines is 1. The molecule has 0 saturated heterocycles. The molecular formula is C15H18N4O2. The van der Waals surface area contributed by atoms with Gasteiger partial charge >= 0.3 is 0 Å². The molecule has 1 amide bonds. The highest BCUT2D eigenvalue weighted by molar-refractivity contribution is 5.92. The highest BCUT2D eigenvalue weighted by Crippen LogP contribution is 2.06. The van der Waals surface area contributed by atoms with Crippen molar-refractivity contribution in [2.75, 3.05) is 25.6 Å². The lowest BCUT2D eigenvalue weighted by Crippen LogP contribution is -2.24. The van der Waals surface area contributed by atoms with E-state index in [9.17, 15) is 4.79 Å². The van der Waals surface area contributed by atoms with E-state index in [1.807, 2.05) is 24.3 Å². The zero-order valence-electron chi connectivity index (χ0n) is 11.9. The molecule has 2 heterocycles. The summed E-state index contributed by atoms with van der Waals surface area (Å²) in [4.78, 5) is 20.2. The minimum atomic E-state index is -0.218. The molecule has 0 atom stereocenters. The molecule has 0 spiro atoms. The van der Waals surface area contributed by atoms with Crippen molar-refractivity contribution >= 4 is 11.6 Å². The van der Waals surface area contributed by atoms with Crippen molar-refractivity contribution < 1.29 is 9.53 Å². The van der Waals surface area contributed by atoms with Gasteiger partial charge in [0.05, 0.1) is 30.7 Å². The van der Waals surface area contributed by atoms with Gasteiger partial charge in [-0.3, -0.25) is 9.78 Å². The molecule has 2 aromatic heterocycles. The van der Waals surface area contributed by atoms with Crippen molar-refractivity contribution in [2.24, 2.45) is 0 Å². The molecular weight excluding hydrogens is 268 g/mol. The van der Waals surface area contributed by atoms with Crippen molar-refractivity contribution in [1.82, 2.24) is 15.3 Å². The number of pyridine rings is 2.